The van der Waals surface area contributed by atoms with E-state index < -0.39 is 10.0 Å². The zero-order chi connectivity index (χ0) is 26.7. The molecule has 5 rings (SSSR count). The van der Waals surface area contributed by atoms with Crippen molar-refractivity contribution in [2.24, 2.45) is 0 Å². The molecule has 10 heteroatoms. The van der Waals surface area contributed by atoms with Gasteiger partial charge in [-0.25, -0.2) is 8.42 Å². The zero-order valence-corrected chi connectivity index (χ0v) is 21.6. The number of fused-ring (bicyclic) bond motifs is 1. The summed E-state index contributed by atoms with van der Waals surface area (Å²) in [6.07, 6.45) is 2.37. The molecule has 0 unspecified atom stereocenters. The van der Waals surface area contributed by atoms with Crippen molar-refractivity contribution in [1.29, 1.82) is 0 Å². The molecule has 0 amide bonds. The third-order valence-corrected chi connectivity index (χ3v) is 7.69. The summed E-state index contributed by atoms with van der Waals surface area (Å²) in [6.45, 7) is 7.85. The number of phenols is 1. The Kier molecular flexibility index (Phi) is 6.98. The third-order valence-electron chi connectivity index (χ3n) is 6.15. The van der Waals surface area contributed by atoms with Gasteiger partial charge in [-0.3, -0.25) is 0 Å². The monoisotopic (exact) mass is 523 g/mol. The Morgan fingerprint density at radius 3 is 2.50 bits per heavy atom. The number of aryl methyl sites for hydroxylation is 1. The molecule has 0 aliphatic carbocycles. The number of aromatic nitrogens is 3. The molecule has 0 radical (unpaired) electrons. The Hall–Kier alpha value is -4.44. The number of rotatable bonds is 9. The minimum atomic E-state index is -3.69. The van der Waals surface area contributed by atoms with Gasteiger partial charge in [0.05, 0.1) is 4.90 Å². The Morgan fingerprint density at radius 2 is 1.76 bits per heavy atom. The Balaban J connectivity index is 1.39. The van der Waals surface area contributed by atoms with Gasteiger partial charge in [-0.2, -0.15) is 0 Å². The van der Waals surface area contributed by atoms with Crippen LogP contribution in [0.2, 0.25) is 0 Å². The Bertz CT molecular complexity index is 1730. The first-order valence-corrected chi connectivity index (χ1v) is 13.5. The maximum atomic E-state index is 12.8. The number of hydrogen-bond donors (Lipinski definition) is 3. The first-order valence-electron chi connectivity index (χ1n) is 12.0. The van der Waals surface area contributed by atoms with E-state index in [9.17, 15) is 13.5 Å². The van der Waals surface area contributed by atoms with Crippen molar-refractivity contribution in [3.63, 3.8) is 0 Å². The predicted octanol–water partition coefficient (Wildman–Crippen LogP) is 4.46. The molecule has 0 saturated carbocycles. The second-order valence-electron chi connectivity index (χ2n) is 8.86. The average molecular weight is 523 g/mol. The second-order valence-corrected chi connectivity index (χ2v) is 10.5. The van der Waals surface area contributed by atoms with Gasteiger partial charge in [0, 0.05) is 0 Å². The molecule has 3 aromatic carbocycles. The molecule has 38 heavy (non-hydrogen) atoms. The van der Waals surface area contributed by atoms with Crippen molar-refractivity contribution in [1.82, 2.24) is 14.6 Å². The normalized spacial score (nSPS) is 11.3. The van der Waals surface area contributed by atoms with Crippen LogP contribution >= 0.6 is 0 Å². The van der Waals surface area contributed by atoms with Crippen molar-refractivity contribution in [3.05, 3.63) is 102 Å². The molecule has 190 valence electrons. The summed E-state index contributed by atoms with van der Waals surface area (Å²) in [5, 5.41) is 18.3. The van der Waals surface area contributed by atoms with Gasteiger partial charge in [-0.1, -0.05) is 18.2 Å². The SMILES string of the molecule is C=BCc1cnn2c(NCc3ccc(NS(=O)(=O)c4ccccc4C)cc3)cc(-c3ccccc3O)nc12. The van der Waals surface area contributed by atoms with Crippen LogP contribution in [-0.2, 0) is 22.9 Å². The van der Waals surface area contributed by atoms with Crippen LogP contribution < -0.4 is 10.0 Å². The van der Waals surface area contributed by atoms with Crippen molar-refractivity contribution < 1.29 is 13.5 Å². The minimum absolute atomic E-state index is 0.142. The molecule has 0 aliphatic rings. The number of aromatic hydroxyl groups is 1. The molecule has 0 aliphatic heterocycles. The van der Waals surface area contributed by atoms with Crippen LogP contribution in [-0.4, -0.2) is 41.5 Å². The summed E-state index contributed by atoms with van der Waals surface area (Å²) in [6, 6.07) is 23.0. The molecule has 2 aromatic heterocycles. The Labute approximate surface area is 222 Å². The number of para-hydroxylation sites is 1. The van der Waals surface area contributed by atoms with Crippen molar-refractivity contribution >= 4 is 40.6 Å². The molecular weight excluding hydrogens is 497 g/mol. The van der Waals surface area contributed by atoms with Crippen LogP contribution in [0.1, 0.15) is 16.7 Å². The summed E-state index contributed by atoms with van der Waals surface area (Å²) < 4.78 is 30.0. The summed E-state index contributed by atoms with van der Waals surface area (Å²) in [4.78, 5) is 5.02. The van der Waals surface area contributed by atoms with Crippen molar-refractivity contribution in [2.45, 2.75) is 24.7 Å². The van der Waals surface area contributed by atoms with Gasteiger partial charge in [0.2, 0.25) is 0 Å². The van der Waals surface area contributed by atoms with Crippen LogP contribution in [0.25, 0.3) is 16.9 Å². The van der Waals surface area contributed by atoms with E-state index in [1.165, 1.54) is 0 Å². The average Bonchev–Trinajstić information content (AvgIpc) is 3.31. The van der Waals surface area contributed by atoms with Gasteiger partial charge in [0.25, 0.3) is 10.0 Å². The number of benzene rings is 3. The van der Waals surface area contributed by atoms with Crippen LogP contribution in [0, 0.1) is 6.92 Å². The summed E-state index contributed by atoms with van der Waals surface area (Å²) in [5.41, 5.74) is 4.93. The molecule has 8 nitrogen and oxygen atoms in total. The van der Waals surface area contributed by atoms with Gasteiger partial charge < -0.3 is 0 Å². The molecule has 5 aromatic rings. The van der Waals surface area contributed by atoms with E-state index >= 15 is 0 Å². The number of phenolic OH excluding ortho intramolecular Hbond substituents is 1. The van der Waals surface area contributed by atoms with Crippen LogP contribution in [0.4, 0.5) is 11.5 Å². The standard InChI is InChI=1S/C28H26BN5O3S/c1-19-7-3-6-10-26(19)38(36,37)33-22-13-11-20(12-14-22)17-30-27-15-24(23-8-4-5-9-25(23)35)32-28-21(16-29-2)18-31-34(27)28/h3-15,18,30,33,35H,2,16-17H2,1H3. The topological polar surface area (TPSA) is 109 Å². The van der Waals surface area contributed by atoms with Crippen LogP contribution in [0.15, 0.2) is 90.0 Å². The molecule has 0 atom stereocenters. The quantitative estimate of drug-likeness (QED) is 0.246. The molecule has 0 bridgehead atoms. The molecule has 2 heterocycles. The van der Waals surface area contributed by atoms with E-state index in [0.717, 1.165) is 11.1 Å². The molecule has 0 spiro atoms. The molecule has 3 N–H and O–H groups in total. The van der Waals surface area contributed by atoms with Crippen LogP contribution in [0.3, 0.4) is 0 Å². The van der Waals surface area contributed by atoms with E-state index in [-0.39, 0.29) is 10.6 Å². The summed E-state index contributed by atoms with van der Waals surface area (Å²) in [7, 11) is -3.69. The predicted molar refractivity (Wildman–Crippen MR) is 152 cm³/mol. The van der Waals surface area contributed by atoms with Gasteiger partial charge in [-0.05, 0) is 18.6 Å². The molecular formula is C28H26BN5O3S. The number of nitrogens with one attached hydrogen (secondary N) is 2. The fourth-order valence-corrected chi connectivity index (χ4v) is 5.52. The van der Waals surface area contributed by atoms with Gasteiger partial charge in [-0.15, -0.1) is 0 Å². The van der Waals surface area contributed by atoms with Crippen molar-refractivity contribution in [2.75, 3.05) is 10.0 Å². The van der Waals surface area contributed by atoms with E-state index in [0.29, 0.717) is 46.8 Å². The summed E-state index contributed by atoms with van der Waals surface area (Å²) in [5.74, 6) is 0.844. The molecule has 0 saturated heterocycles. The van der Waals surface area contributed by atoms with E-state index in [1.807, 2.05) is 36.4 Å². The van der Waals surface area contributed by atoms with Gasteiger partial charge in [0.1, 0.15) is 0 Å². The first kappa shape index (κ1) is 25.2. The first-order chi connectivity index (χ1) is 18.4. The maximum absolute atomic E-state index is 12.8. The zero-order valence-electron chi connectivity index (χ0n) is 20.8. The van der Waals surface area contributed by atoms with E-state index in [4.69, 9.17) is 4.98 Å². The summed E-state index contributed by atoms with van der Waals surface area (Å²) >= 11 is 0. The second kappa shape index (κ2) is 10.5. The fraction of sp³-hybridized carbons (Fsp3) is 0.107. The number of hydrogen-bond acceptors (Lipinski definition) is 6. The number of sulfonamides is 1. The third kappa shape index (κ3) is 5.16. The number of anilines is 2. The number of nitrogens with zero attached hydrogens (tertiary/aromatic N) is 3. The van der Waals surface area contributed by atoms with E-state index in [1.54, 1.807) is 67.0 Å². The van der Waals surface area contributed by atoms with Crippen LogP contribution in [0.5, 0.6) is 5.75 Å². The fourth-order valence-electron chi connectivity index (χ4n) is 4.21. The molecule has 0 fully saturated rings. The van der Waals surface area contributed by atoms with Gasteiger partial charge in [0.15, 0.2) is 0 Å². The van der Waals surface area contributed by atoms with Crippen molar-refractivity contribution in [3.8, 4) is 17.0 Å². The van der Waals surface area contributed by atoms with E-state index in [2.05, 4.69) is 21.6 Å². The Morgan fingerprint density at radius 1 is 1.03 bits per heavy atom. The van der Waals surface area contributed by atoms with Gasteiger partial charge >= 0.3 is 162 Å².